The number of fused-ring (bicyclic) bond motifs is 1. The molecule has 0 spiro atoms. The highest BCUT2D eigenvalue weighted by Gasteiger charge is 2.38. The van der Waals surface area contributed by atoms with E-state index in [-0.39, 0.29) is 0 Å². The fraction of sp³-hybridized carbons (Fsp3) is 0.667. The Hall–Kier alpha value is -0.860. The lowest BCUT2D eigenvalue weighted by molar-refractivity contribution is 0.147. The van der Waals surface area contributed by atoms with Gasteiger partial charge in [-0.05, 0) is 56.3 Å². The third-order valence-electron chi connectivity index (χ3n) is 4.95. The molecule has 0 amide bonds. The van der Waals surface area contributed by atoms with Crippen molar-refractivity contribution < 1.29 is 0 Å². The Morgan fingerprint density at radius 1 is 1.15 bits per heavy atom. The van der Waals surface area contributed by atoms with Crippen LogP contribution in [0.4, 0.5) is 0 Å². The summed E-state index contributed by atoms with van der Waals surface area (Å²) in [6.07, 6.45) is 6.72. The van der Waals surface area contributed by atoms with Gasteiger partial charge in [-0.2, -0.15) is 0 Å². The van der Waals surface area contributed by atoms with Crippen molar-refractivity contribution in [2.24, 2.45) is 0 Å². The molecule has 20 heavy (non-hydrogen) atoms. The van der Waals surface area contributed by atoms with Crippen LogP contribution in [0.5, 0.6) is 0 Å². The fourth-order valence-electron chi connectivity index (χ4n) is 3.93. The molecule has 1 saturated carbocycles. The third kappa shape index (κ3) is 2.77. The number of hydrogen-bond acceptors (Lipinski definition) is 2. The molecule has 2 aliphatic carbocycles. The molecule has 110 valence electrons. The number of nitrogens with zero attached hydrogens (tertiary/aromatic N) is 1. The topological polar surface area (TPSA) is 15.3 Å². The first kappa shape index (κ1) is 14.1. The molecule has 2 aliphatic rings. The molecule has 0 bridgehead atoms. The van der Waals surface area contributed by atoms with Gasteiger partial charge >= 0.3 is 0 Å². The fourth-order valence-corrected chi connectivity index (χ4v) is 3.93. The van der Waals surface area contributed by atoms with Crippen LogP contribution in [0.3, 0.4) is 0 Å². The standard InChI is InChI=1S/C18H28N2/c1-3-19-18-16-10-6-5-8-14(16)9-7-11-17(18)20(4-2)15-12-13-15/h5-6,8,10,15,17-19H,3-4,7,9,11-13H2,1-2H3. The van der Waals surface area contributed by atoms with E-state index in [9.17, 15) is 0 Å². The van der Waals surface area contributed by atoms with Gasteiger partial charge in [0.25, 0.3) is 0 Å². The molecule has 2 atom stereocenters. The van der Waals surface area contributed by atoms with Crippen molar-refractivity contribution in [2.45, 2.75) is 64.1 Å². The van der Waals surface area contributed by atoms with E-state index in [0.717, 1.165) is 12.6 Å². The van der Waals surface area contributed by atoms with Gasteiger partial charge < -0.3 is 5.32 Å². The maximum absolute atomic E-state index is 3.79. The molecule has 2 nitrogen and oxygen atoms in total. The van der Waals surface area contributed by atoms with E-state index in [1.165, 1.54) is 38.6 Å². The smallest absolute Gasteiger partial charge is 0.0480 e. The Morgan fingerprint density at radius 3 is 2.65 bits per heavy atom. The van der Waals surface area contributed by atoms with Crippen molar-refractivity contribution in [3.8, 4) is 0 Å². The van der Waals surface area contributed by atoms with Gasteiger partial charge in [-0.15, -0.1) is 0 Å². The average Bonchev–Trinajstić information content (AvgIpc) is 3.30. The van der Waals surface area contributed by atoms with Crippen LogP contribution in [0, 0.1) is 0 Å². The summed E-state index contributed by atoms with van der Waals surface area (Å²) in [4.78, 5) is 2.77. The second-order valence-corrected chi connectivity index (χ2v) is 6.26. The summed E-state index contributed by atoms with van der Waals surface area (Å²) in [6.45, 7) is 6.81. The quantitative estimate of drug-likeness (QED) is 0.825. The number of nitrogens with one attached hydrogen (secondary N) is 1. The minimum Gasteiger partial charge on any atom is -0.309 e. The molecule has 0 heterocycles. The van der Waals surface area contributed by atoms with Crippen LogP contribution in [0.15, 0.2) is 24.3 Å². The van der Waals surface area contributed by atoms with Crippen LogP contribution in [0.1, 0.15) is 56.7 Å². The molecule has 0 radical (unpaired) electrons. The van der Waals surface area contributed by atoms with Crippen LogP contribution >= 0.6 is 0 Å². The molecule has 1 aromatic carbocycles. The lowest BCUT2D eigenvalue weighted by Crippen LogP contribution is -2.45. The zero-order valence-electron chi connectivity index (χ0n) is 12.9. The summed E-state index contributed by atoms with van der Waals surface area (Å²) in [5, 5.41) is 3.79. The summed E-state index contributed by atoms with van der Waals surface area (Å²) in [5.41, 5.74) is 3.11. The summed E-state index contributed by atoms with van der Waals surface area (Å²) in [7, 11) is 0. The predicted molar refractivity (Wildman–Crippen MR) is 85.0 cm³/mol. The van der Waals surface area contributed by atoms with Gasteiger partial charge in [0.2, 0.25) is 0 Å². The zero-order valence-corrected chi connectivity index (χ0v) is 12.9. The van der Waals surface area contributed by atoms with Gasteiger partial charge in [0, 0.05) is 18.1 Å². The van der Waals surface area contributed by atoms with Crippen molar-refractivity contribution in [1.29, 1.82) is 0 Å². The molecular weight excluding hydrogens is 244 g/mol. The second kappa shape index (κ2) is 6.28. The number of likely N-dealkylation sites (N-methyl/N-ethyl adjacent to an activating group) is 2. The van der Waals surface area contributed by atoms with Crippen LogP contribution in [0.2, 0.25) is 0 Å². The van der Waals surface area contributed by atoms with Gasteiger partial charge in [-0.3, -0.25) is 4.90 Å². The minimum atomic E-state index is 0.513. The van der Waals surface area contributed by atoms with Crippen LogP contribution in [0.25, 0.3) is 0 Å². The maximum Gasteiger partial charge on any atom is 0.0480 e. The van der Waals surface area contributed by atoms with E-state index in [0.29, 0.717) is 12.1 Å². The highest BCUT2D eigenvalue weighted by Crippen LogP contribution is 2.37. The van der Waals surface area contributed by atoms with Gasteiger partial charge in [-0.25, -0.2) is 0 Å². The average molecular weight is 272 g/mol. The van der Waals surface area contributed by atoms with E-state index in [1.54, 1.807) is 11.1 Å². The first-order valence-corrected chi connectivity index (χ1v) is 8.42. The minimum absolute atomic E-state index is 0.513. The van der Waals surface area contributed by atoms with E-state index in [2.05, 4.69) is 48.3 Å². The van der Waals surface area contributed by atoms with E-state index < -0.39 is 0 Å². The van der Waals surface area contributed by atoms with Crippen LogP contribution in [-0.4, -0.2) is 30.1 Å². The first-order chi connectivity index (χ1) is 9.85. The molecular formula is C18H28N2. The molecule has 1 aromatic rings. The Labute approximate surface area is 123 Å². The number of hydrogen-bond donors (Lipinski definition) is 1. The lowest BCUT2D eigenvalue weighted by atomic mass is 9.94. The highest BCUT2D eigenvalue weighted by atomic mass is 15.2. The number of aryl methyl sites for hydroxylation is 1. The van der Waals surface area contributed by atoms with Crippen molar-refractivity contribution >= 4 is 0 Å². The zero-order chi connectivity index (χ0) is 13.9. The SMILES string of the molecule is CCNC1c2ccccc2CCCC1N(CC)C1CC1. The summed E-state index contributed by atoms with van der Waals surface area (Å²) in [6, 6.07) is 11.1. The van der Waals surface area contributed by atoms with Crippen molar-refractivity contribution in [3.05, 3.63) is 35.4 Å². The Balaban J connectivity index is 1.92. The molecule has 0 aliphatic heterocycles. The lowest BCUT2D eigenvalue weighted by Gasteiger charge is -2.37. The molecule has 1 fully saturated rings. The highest BCUT2D eigenvalue weighted by molar-refractivity contribution is 5.32. The van der Waals surface area contributed by atoms with Gasteiger partial charge in [0.15, 0.2) is 0 Å². The molecule has 2 unspecified atom stereocenters. The summed E-state index contributed by atoms with van der Waals surface area (Å²) in [5.74, 6) is 0. The maximum atomic E-state index is 3.79. The van der Waals surface area contributed by atoms with E-state index in [1.807, 2.05) is 0 Å². The summed E-state index contributed by atoms with van der Waals surface area (Å²) >= 11 is 0. The van der Waals surface area contributed by atoms with E-state index >= 15 is 0 Å². The normalized spacial score (nSPS) is 26.4. The monoisotopic (exact) mass is 272 g/mol. The predicted octanol–water partition coefficient (Wildman–Crippen LogP) is 3.53. The van der Waals surface area contributed by atoms with Crippen molar-refractivity contribution in [3.63, 3.8) is 0 Å². The second-order valence-electron chi connectivity index (χ2n) is 6.26. The molecule has 1 N–H and O–H groups in total. The Morgan fingerprint density at radius 2 is 1.95 bits per heavy atom. The van der Waals surface area contributed by atoms with Gasteiger partial charge in [0.1, 0.15) is 0 Å². The van der Waals surface area contributed by atoms with Gasteiger partial charge in [0.05, 0.1) is 0 Å². The van der Waals surface area contributed by atoms with E-state index in [4.69, 9.17) is 0 Å². The largest absolute Gasteiger partial charge is 0.309 e. The first-order valence-electron chi connectivity index (χ1n) is 8.42. The molecule has 0 aromatic heterocycles. The van der Waals surface area contributed by atoms with Crippen LogP contribution < -0.4 is 5.32 Å². The third-order valence-corrected chi connectivity index (χ3v) is 4.95. The van der Waals surface area contributed by atoms with Crippen LogP contribution in [-0.2, 0) is 6.42 Å². The molecule has 2 heteroatoms. The summed E-state index contributed by atoms with van der Waals surface area (Å²) < 4.78 is 0. The molecule has 3 rings (SSSR count). The van der Waals surface area contributed by atoms with Gasteiger partial charge in [-0.1, -0.05) is 38.1 Å². The van der Waals surface area contributed by atoms with Crippen molar-refractivity contribution in [2.75, 3.05) is 13.1 Å². The van der Waals surface area contributed by atoms with Crippen molar-refractivity contribution in [1.82, 2.24) is 10.2 Å². The molecule has 0 saturated heterocycles. The Kier molecular flexibility index (Phi) is 4.42. The Bertz CT molecular complexity index is 439. The number of benzene rings is 1. The number of rotatable bonds is 5.